The maximum atomic E-state index is 12.1. The molecule has 0 aliphatic rings. The van der Waals surface area contributed by atoms with Crippen molar-refractivity contribution < 1.29 is 14.5 Å². The van der Waals surface area contributed by atoms with Crippen molar-refractivity contribution in [1.82, 2.24) is 19.9 Å². The zero-order valence-electron chi connectivity index (χ0n) is 16.3. The Morgan fingerprint density at radius 2 is 1.88 bits per heavy atom. The van der Waals surface area contributed by atoms with Gasteiger partial charge in [-0.2, -0.15) is 4.98 Å². The van der Waals surface area contributed by atoms with Crippen LogP contribution in [-0.2, 0) is 16.0 Å². The minimum atomic E-state index is -0.986. The molecule has 4 aromatic rings. The molecule has 4 rings (SSSR count). The van der Waals surface area contributed by atoms with Gasteiger partial charge in [0.1, 0.15) is 5.69 Å². The Bertz CT molecular complexity index is 1320. The molecule has 0 saturated carbocycles. The normalized spacial score (nSPS) is 10.8. The molecule has 0 saturated heterocycles. The molecule has 162 valence electrons. The molecule has 2 heterocycles. The highest BCUT2D eigenvalue weighted by molar-refractivity contribution is 7.15. The summed E-state index contributed by atoms with van der Waals surface area (Å²) in [5, 5.41) is 22.8. The average molecular weight is 471 g/mol. The number of hydrogen-bond donors (Lipinski definition) is 2. The van der Waals surface area contributed by atoms with E-state index in [-0.39, 0.29) is 17.9 Å². The number of carbonyl (C=O) groups is 2. The number of aromatic nitrogens is 3. The first-order valence-corrected chi connectivity index (χ1v) is 10.6. The second kappa shape index (κ2) is 9.12. The number of fused-ring (bicyclic) bond motifs is 1. The van der Waals surface area contributed by atoms with E-state index in [1.807, 2.05) is 17.5 Å². The Hall–Kier alpha value is -3.83. The maximum Gasteiger partial charge on any atom is 0.313 e. The number of benzene rings is 2. The summed E-state index contributed by atoms with van der Waals surface area (Å²) >= 11 is 7.33. The first-order valence-electron chi connectivity index (χ1n) is 9.34. The van der Waals surface area contributed by atoms with E-state index in [0.29, 0.717) is 22.2 Å². The zero-order valence-corrected chi connectivity index (χ0v) is 17.9. The van der Waals surface area contributed by atoms with Crippen molar-refractivity contribution in [2.45, 2.75) is 6.42 Å². The van der Waals surface area contributed by atoms with E-state index >= 15 is 0 Å². The van der Waals surface area contributed by atoms with E-state index in [4.69, 9.17) is 11.6 Å². The van der Waals surface area contributed by atoms with Crippen molar-refractivity contribution in [3.8, 4) is 11.4 Å². The first kappa shape index (κ1) is 21.4. The molecule has 0 atom stereocenters. The number of halogens is 1. The predicted molar refractivity (Wildman–Crippen MR) is 120 cm³/mol. The minimum absolute atomic E-state index is 0.0467. The van der Waals surface area contributed by atoms with Crippen LogP contribution < -0.4 is 10.6 Å². The van der Waals surface area contributed by atoms with Gasteiger partial charge in [0.15, 0.2) is 5.82 Å². The van der Waals surface area contributed by atoms with Gasteiger partial charge in [0.2, 0.25) is 4.96 Å². The van der Waals surface area contributed by atoms with Crippen LogP contribution in [0.2, 0.25) is 5.02 Å². The Labute approximate surface area is 190 Å². The summed E-state index contributed by atoms with van der Waals surface area (Å²) in [6, 6.07) is 12.8. The van der Waals surface area contributed by atoms with E-state index in [2.05, 4.69) is 20.7 Å². The molecule has 2 amide bonds. The number of amides is 2. The molecule has 0 radical (unpaired) electrons. The van der Waals surface area contributed by atoms with Crippen LogP contribution in [0.5, 0.6) is 0 Å². The SMILES string of the molecule is O=C(NCCc1csc2nc(-c3ccc(Cl)cc3)nn12)C(=O)Nc1ccccc1[N+](=O)[O-]. The molecule has 0 aliphatic heterocycles. The predicted octanol–water partition coefficient (Wildman–Crippen LogP) is 3.32. The van der Waals surface area contributed by atoms with Crippen LogP contribution in [0.3, 0.4) is 0 Å². The fraction of sp³-hybridized carbons (Fsp3) is 0.100. The number of carbonyl (C=O) groups excluding carboxylic acids is 2. The molecule has 2 aromatic heterocycles. The molecule has 12 heteroatoms. The van der Waals surface area contributed by atoms with E-state index < -0.39 is 16.7 Å². The van der Waals surface area contributed by atoms with Crippen LogP contribution in [-0.4, -0.2) is 37.9 Å². The highest BCUT2D eigenvalue weighted by Gasteiger charge is 2.19. The summed E-state index contributed by atoms with van der Waals surface area (Å²) in [6.45, 7) is 0.172. The van der Waals surface area contributed by atoms with Gasteiger partial charge in [-0.05, 0) is 30.3 Å². The highest BCUT2D eigenvalue weighted by Crippen LogP contribution is 2.23. The maximum absolute atomic E-state index is 12.1. The van der Waals surface area contributed by atoms with Crippen molar-refractivity contribution in [3.63, 3.8) is 0 Å². The fourth-order valence-corrected chi connectivity index (χ4v) is 3.90. The fourth-order valence-electron chi connectivity index (χ4n) is 2.92. The lowest BCUT2D eigenvalue weighted by molar-refractivity contribution is -0.383. The van der Waals surface area contributed by atoms with Crippen LogP contribution in [0.15, 0.2) is 53.9 Å². The second-order valence-corrected chi connectivity index (χ2v) is 7.87. The quantitative estimate of drug-likeness (QED) is 0.252. The Morgan fingerprint density at radius 3 is 2.62 bits per heavy atom. The Balaban J connectivity index is 1.37. The molecule has 0 unspecified atom stereocenters. The molecule has 0 fully saturated rings. The summed E-state index contributed by atoms with van der Waals surface area (Å²) in [5.74, 6) is -1.32. The molecular formula is C20H15ClN6O4S. The lowest BCUT2D eigenvalue weighted by Gasteiger charge is -2.06. The number of hydrogen-bond acceptors (Lipinski definition) is 7. The third-order valence-electron chi connectivity index (χ3n) is 4.47. The summed E-state index contributed by atoms with van der Waals surface area (Å²) in [7, 11) is 0. The van der Waals surface area contributed by atoms with Gasteiger partial charge < -0.3 is 10.6 Å². The third-order valence-corrected chi connectivity index (χ3v) is 5.59. The summed E-state index contributed by atoms with van der Waals surface area (Å²) < 4.78 is 1.69. The summed E-state index contributed by atoms with van der Waals surface area (Å²) in [5.41, 5.74) is 1.31. The van der Waals surface area contributed by atoms with Crippen LogP contribution >= 0.6 is 22.9 Å². The number of nitro benzene ring substituents is 1. The third kappa shape index (κ3) is 4.58. The molecular weight excluding hydrogens is 456 g/mol. The number of anilines is 1. The van der Waals surface area contributed by atoms with E-state index in [1.165, 1.54) is 35.6 Å². The van der Waals surface area contributed by atoms with E-state index in [0.717, 1.165) is 11.3 Å². The van der Waals surface area contributed by atoms with Gasteiger partial charge in [-0.25, -0.2) is 4.52 Å². The number of para-hydroxylation sites is 2. The largest absolute Gasteiger partial charge is 0.347 e. The van der Waals surface area contributed by atoms with Crippen molar-refractivity contribution in [3.05, 3.63) is 74.7 Å². The van der Waals surface area contributed by atoms with Gasteiger partial charge in [0.05, 0.1) is 10.6 Å². The number of rotatable bonds is 6. The van der Waals surface area contributed by atoms with Gasteiger partial charge in [-0.1, -0.05) is 23.7 Å². The number of nitro groups is 1. The van der Waals surface area contributed by atoms with Crippen LogP contribution in [0.1, 0.15) is 5.69 Å². The number of nitrogens with zero attached hydrogens (tertiary/aromatic N) is 4. The molecule has 32 heavy (non-hydrogen) atoms. The Morgan fingerprint density at radius 1 is 1.12 bits per heavy atom. The molecule has 0 spiro atoms. The van der Waals surface area contributed by atoms with Crippen molar-refractivity contribution in [1.29, 1.82) is 0 Å². The summed E-state index contributed by atoms with van der Waals surface area (Å²) in [4.78, 5) is 39.8. The number of nitrogens with one attached hydrogen (secondary N) is 2. The van der Waals surface area contributed by atoms with Gasteiger partial charge in [0.25, 0.3) is 5.69 Å². The van der Waals surface area contributed by atoms with Crippen LogP contribution in [0, 0.1) is 10.1 Å². The smallest absolute Gasteiger partial charge is 0.313 e. The minimum Gasteiger partial charge on any atom is -0.347 e. The first-order chi connectivity index (χ1) is 15.4. The highest BCUT2D eigenvalue weighted by atomic mass is 35.5. The van der Waals surface area contributed by atoms with Gasteiger partial charge in [0, 0.05) is 35.0 Å². The van der Waals surface area contributed by atoms with Crippen LogP contribution in [0.4, 0.5) is 11.4 Å². The molecule has 10 nitrogen and oxygen atoms in total. The van der Waals surface area contributed by atoms with Crippen LogP contribution in [0.25, 0.3) is 16.3 Å². The molecule has 2 N–H and O–H groups in total. The molecule has 2 aromatic carbocycles. The van der Waals surface area contributed by atoms with Crippen molar-refractivity contribution in [2.75, 3.05) is 11.9 Å². The van der Waals surface area contributed by atoms with E-state index in [9.17, 15) is 19.7 Å². The second-order valence-electron chi connectivity index (χ2n) is 6.60. The molecule has 0 aliphatic carbocycles. The summed E-state index contributed by atoms with van der Waals surface area (Å²) in [6.07, 6.45) is 0.411. The van der Waals surface area contributed by atoms with Gasteiger partial charge >= 0.3 is 11.8 Å². The monoisotopic (exact) mass is 470 g/mol. The molecule has 0 bridgehead atoms. The van der Waals surface area contributed by atoms with Crippen molar-refractivity contribution >= 4 is 51.1 Å². The van der Waals surface area contributed by atoms with Crippen molar-refractivity contribution in [2.24, 2.45) is 0 Å². The standard InChI is InChI=1S/C20H15ClN6O4S/c21-13-7-5-12(6-8-13)17-24-20-26(25-17)14(11-32-20)9-10-22-18(28)19(29)23-15-3-1-2-4-16(15)27(30)31/h1-8,11H,9-10H2,(H,22,28)(H,23,29). The zero-order chi connectivity index (χ0) is 22.7. The average Bonchev–Trinajstić information content (AvgIpc) is 3.36. The lowest BCUT2D eigenvalue weighted by Crippen LogP contribution is -2.36. The number of thiazole rings is 1. The lowest BCUT2D eigenvalue weighted by atomic mass is 10.2. The Kier molecular flexibility index (Phi) is 6.10. The van der Waals surface area contributed by atoms with Gasteiger partial charge in [-0.15, -0.1) is 16.4 Å². The topological polar surface area (TPSA) is 132 Å². The van der Waals surface area contributed by atoms with Gasteiger partial charge in [-0.3, -0.25) is 19.7 Å². The van der Waals surface area contributed by atoms with E-state index in [1.54, 1.807) is 16.6 Å².